The van der Waals surface area contributed by atoms with Crippen molar-refractivity contribution in [3.05, 3.63) is 119 Å². The molecule has 1 nitrogen and oxygen atoms in total. The Morgan fingerprint density at radius 1 is 0.667 bits per heavy atom. The van der Waals surface area contributed by atoms with Crippen LogP contribution in [-0.4, -0.2) is 0 Å². The van der Waals surface area contributed by atoms with Gasteiger partial charge in [0.1, 0.15) is 11.6 Å². The molecule has 0 spiro atoms. The lowest BCUT2D eigenvalue weighted by Crippen LogP contribution is -1.94. The summed E-state index contributed by atoms with van der Waals surface area (Å²) in [4.78, 5) is 0. The van der Waals surface area contributed by atoms with E-state index in [0.29, 0.717) is 28.7 Å². The maximum atomic E-state index is 14.7. The minimum absolute atomic E-state index is 0.286. The molecule has 0 radical (unpaired) electrons. The highest BCUT2D eigenvalue weighted by atomic mass is 19.1. The molecule has 146 valence electrons. The van der Waals surface area contributed by atoms with Crippen LogP contribution in [0.2, 0.25) is 0 Å². The number of nitriles is 1. The third-order valence-electron chi connectivity index (χ3n) is 5.16. The lowest BCUT2D eigenvalue weighted by Gasteiger charge is -2.09. The van der Waals surface area contributed by atoms with E-state index in [-0.39, 0.29) is 11.6 Å². The Labute approximate surface area is 174 Å². The van der Waals surface area contributed by atoms with E-state index in [1.807, 2.05) is 43.3 Å². The summed E-state index contributed by atoms with van der Waals surface area (Å²) in [5.74, 6) is -0.625. The van der Waals surface area contributed by atoms with Crippen molar-refractivity contribution in [3.63, 3.8) is 0 Å². The number of rotatable bonds is 4. The molecule has 0 aromatic heterocycles. The van der Waals surface area contributed by atoms with E-state index in [2.05, 4.69) is 6.07 Å². The molecule has 4 rings (SSSR count). The topological polar surface area (TPSA) is 23.8 Å². The van der Waals surface area contributed by atoms with Gasteiger partial charge in [-0.25, -0.2) is 8.78 Å². The normalized spacial score (nSPS) is 10.6. The number of hydrogen-bond donors (Lipinski definition) is 0. The fourth-order valence-corrected chi connectivity index (χ4v) is 3.50. The Morgan fingerprint density at radius 2 is 1.13 bits per heavy atom. The molecular weight excluding hydrogens is 376 g/mol. The molecule has 0 N–H and O–H groups in total. The summed E-state index contributed by atoms with van der Waals surface area (Å²) >= 11 is 0. The molecular formula is C27H19F2N. The minimum Gasteiger partial charge on any atom is -0.206 e. The van der Waals surface area contributed by atoms with Crippen LogP contribution in [-0.2, 0) is 6.42 Å². The summed E-state index contributed by atoms with van der Waals surface area (Å²) in [5.41, 5.74) is 5.80. The first-order valence-corrected chi connectivity index (χ1v) is 9.68. The number of nitrogens with zero attached hydrogens (tertiary/aromatic N) is 1. The van der Waals surface area contributed by atoms with Gasteiger partial charge in [0.15, 0.2) is 0 Å². The van der Waals surface area contributed by atoms with E-state index in [0.717, 1.165) is 22.3 Å². The van der Waals surface area contributed by atoms with Crippen molar-refractivity contribution in [3.8, 4) is 28.3 Å². The van der Waals surface area contributed by atoms with Gasteiger partial charge in [-0.05, 0) is 59.9 Å². The Bertz CT molecular complexity index is 1230. The number of halogens is 2. The molecule has 0 fully saturated rings. The fourth-order valence-electron chi connectivity index (χ4n) is 3.50. The van der Waals surface area contributed by atoms with Gasteiger partial charge in [0, 0.05) is 11.1 Å². The molecule has 4 aromatic rings. The first-order chi connectivity index (χ1) is 14.5. The van der Waals surface area contributed by atoms with Gasteiger partial charge in [0.05, 0.1) is 11.6 Å². The highest BCUT2D eigenvalue weighted by Crippen LogP contribution is 2.27. The average molecular weight is 395 g/mol. The van der Waals surface area contributed by atoms with Crippen molar-refractivity contribution < 1.29 is 8.78 Å². The molecule has 0 aliphatic rings. The van der Waals surface area contributed by atoms with Gasteiger partial charge < -0.3 is 0 Å². The molecule has 0 atom stereocenters. The quantitative estimate of drug-likeness (QED) is 0.362. The third kappa shape index (κ3) is 4.14. The molecule has 0 bridgehead atoms. The van der Waals surface area contributed by atoms with Crippen molar-refractivity contribution in [1.82, 2.24) is 0 Å². The lowest BCUT2D eigenvalue weighted by molar-refractivity contribution is 0.627. The van der Waals surface area contributed by atoms with Crippen molar-refractivity contribution in [2.75, 3.05) is 0 Å². The fraction of sp³-hybridized carbons (Fsp3) is 0.0741. The van der Waals surface area contributed by atoms with Crippen LogP contribution in [0.5, 0.6) is 0 Å². The Kier molecular flexibility index (Phi) is 5.41. The number of hydrogen-bond acceptors (Lipinski definition) is 1. The van der Waals surface area contributed by atoms with Crippen molar-refractivity contribution in [2.45, 2.75) is 13.3 Å². The molecule has 0 aliphatic carbocycles. The van der Waals surface area contributed by atoms with E-state index < -0.39 is 0 Å². The Hall–Kier alpha value is -3.77. The van der Waals surface area contributed by atoms with Gasteiger partial charge in [-0.15, -0.1) is 0 Å². The van der Waals surface area contributed by atoms with E-state index in [9.17, 15) is 8.78 Å². The highest BCUT2D eigenvalue weighted by molar-refractivity contribution is 5.66. The molecule has 30 heavy (non-hydrogen) atoms. The van der Waals surface area contributed by atoms with Gasteiger partial charge >= 0.3 is 0 Å². The van der Waals surface area contributed by atoms with Gasteiger partial charge in [-0.1, -0.05) is 66.2 Å². The number of benzene rings is 4. The average Bonchev–Trinajstić information content (AvgIpc) is 2.75. The summed E-state index contributed by atoms with van der Waals surface area (Å²) in [6, 6.07) is 26.8. The van der Waals surface area contributed by atoms with Gasteiger partial charge in [-0.2, -0.15) is 5.26 Å². The van der Waals surface area contributed by atoms with Gasteiger partial charge in [0.2, 0.25) is 0 Å². The molecule has 0 saturated carbocycles. The SMILES string of the molecule is Cc1ccc(-c2ccc(Cc3ccc(-c4ccc(C#N)cc4)c(F)c3)cc2F)cc1. The largest absolute Gasteiger partial charge is 0.206 e. The molecule has 0 saturated heterocycles. The van der Waals surface area contributed by atoms with Gasteiger partial charge in [-0.3, -0.25) is 0 Å². The van der Waals surface area contributed by atoms with Crippen molar-refractivity contribution in [2.24, 2.45) is 0 Å². The van der Waals surface area contributed by atoms with Crippen LogP contribution in [0.1, 0.15) is 22.3 Å². The summed E-state index contributed by atoms with van der Waals surface area (Å²) < 4.78 is 29.3. The van der Waals surface area contributed by atoms with Gasteiger partial charge in [0.25, 0.3) is 0 Å². The van der Waals surface area contributed by atoms with E-state index >= 15 is 0 Å². The second kappa shape index (κ2) is 8.31. The second-order valence-corrected chi connectivity index (χ2v) is 7.36. The van der Waals surface area contributed by atoms with E-state index in [4.69, 9.17) is 5.26 Å². The van der Waals surface area contributed by atoms with E-state index in [1.54, 1.807) is 36.4 Å². The Morgan fingerprint density at radius 3 is 1.57 bits per heavy atom. The van der Waals surface area contributed by atoms with Crippen LogP contribution in [0.3, 0.4) is 0 Å². The summed E-state index contributed by atoms with van der Waals surface area (Å²) in [6.45, 7) is 2.00. The van der Waals surface area contributed by atoms with Crippen molar-refractivity contribution in [1.29, 1.82) is 5.26 Å². The van der Waals surface area contributed by atoms with Crippen LogP contribution in [0.25, 0.3) is 22.3 Å². The molecule has 3 heteroatoms. The number of aryl methyl sites for hydroxylation is 1. The smallest absolute Gasteiger partial charge is 0.131 e. The standard InChI is InChI=1S/C27H19F2N/c1-18-2-8-22(9-3-18)24-12-6-20(15-26(24)28)14-21-7-13-25(27(29)16-21)23-10-4-19(17-30)5-11-23/h2-13,15-16H,14H2,1H3. The second-order valence-electron chi connectivity index (χ2n) is 7.36. The van der Waals surface area contributed by atoms with Crippen LogP contribution in [0.4, 0.5) is 8.78 Å². The zero-order valence-electron chi connectivity index (χ0n) is 16.5. The maximum absolute atomic E-state index is 14.7. The molecule has 4 aromatic carbocycles. The summed E-state index contributed by atoms with van der Waals surface area (Å²) in [6.07, 6.45) is 0.440. The first-order valence-electron chi connectivity index (χ1n) is 9.68. The van der Waals surface area contributed by atoms with Crippen LogP contribution < -0.4 is 0 Å². The highest BCUT2D eigenvalue weighted by Gasteiger charge is 2.10. The summed E-state index contributed by atoms with van der Waals surface area (Å²) in [5, 5.41) is 8.89. The van der Waals surface area contributed by atoms with Crippen LogP contribution >= 0.6 is 0 Å². The Balaban J connectivity index is 1.55. The van der Waals surface area contributed by atoms with Crippen LogP contribution in [0.15, 0.2) is 84.9 Å². The minimum atomic E-state index is -0.339. The third-order valence-corrected chi connectivity index (χ3v) is 5.16. The zero-order chi connectivity index (χ0) is 21.1. The molecule has 0 aliphatic heterocycles. The monoisotopic (exact) mass is 395 g/mol. The molecule has 0 heterocycles. The first kappa shape index (κ1) is 19.5. The van der Waals surface area contributed by atoms with Crippen LogP contribution in [0, 0.1) is 29.9 Å². The predicted octanol–water partition coefficient (Wildman–Crippen LogP) is 7.07. The lowest BCUT2D eigenvalue weighted by atomic mass is 9.97. The molecule has 0 amide bonds. The predicted molar refractivity (Wildman–Crippen MR) is 116 cm³/mol. The van der Waals surface area contributed by atoms with E-state index in [1.165, 1.54) is 12.1 Å². The van der Waals surface area contributed by atoms with Crippen molar-refractivity contribution >= 4 is 0 Å². The summed E-state index contributed by atoms with van der Waals surface area (Å²) in [7, 11) is 0. The zero-order valence-corrected chi connectivity index (χ0v) is 16.5. The maximum Gasteiger partial charge on any atom is 0.131 e. The molecule has 0 unspecified atom stereocenters.